The Morgan fingerprint density at radius 2 is 1.85 bits per heavy atom. The fourth-order valence-electron chi connectivity index (χ4n) is 2.41. The zero-order valence-corrected chi connectivity index (χ0v) is 13.1. The van der Waals surface area contributed by atoms with E-state index in [9.17, 15) is 9.90 Å². The molecule has 112 valence electrons. The number of nitrogens with zero attached hydrogens (tertiary/aromatic N) is 1. The van der Waals surface area contributed by atoms with Gasteiger partial charge in [-0.3, -0.25) is 4.79 Å². The summed E-state index contributed by atoms with van der Waals surface area (Å²) in [6, 6.07) is 7.10. The molecule has 0 spiro atoms. The van der Waals surface area contributed by atoms with E-state index in [1.54, 1.807) is 12.1 Å². The van der Waals surface area contributed by atoms with E-state index in [1.165, 1.54) is 0 Å². The third-order valence-corrected chi connectivity index (χ3v) is 4.05. The second kappa shape index (κ2) is 7.93. The summed E-state index contributed by atoms with van der Waals surface area (Å²) in [6.07, 6.45) is 4.09. The van der Waals surface area contributed by atoms with E-state index in [1.807, 2.05) is 31.0 Å². The van der Waals surface area contributed by atoms with Crippen LogP contribution < -0.4 is 0 Å². The molecule has 1 rings (SSSR count). The molecule has 0 aliphatic heterocycles. The molecule has 1 amide bonds. The highest BCUT2D eigenvalue weighted by Gasteiger charge is 2.23. The zero-order chi connectivity index (χ0) is 15.1. The molecule has 1 aromatic carbocycles. The maximum absolute atomic E-state index is 12.5. The highest BCUT2D eigenvalue weighted by Crippen LogP contribution is 2.24. The highest BCUT2D eigenvalue weighted by molar-refractivity contribution is 5.79. The van der Waals surface area contributed by atoms with Crippen molar-refractivity contribution in [3.05, 3.63) is 29.8 Å². The normalized spacial score (nSPS) is 13.8. The van der Waals surface area contributed by atoms with Crippen LogP contribution in [0.25, 0.3) is 0 Å². The molecular weight excluding hydrogens is 250 g/mol. The van der Waals surface area contributed by atoms with Crippen LogP contribution in [0.2, 0.25) is 0 Å². The molecule has 0 radical (unpaired) electrons. The van der Waals surface area contributed by atoms with Crippen LogP contribution in [-0.4, -0.2) is 23.0 Å². The Balaban J connectivity index is 2.73. The van der Waals surface area contributed by atoms with Crippen molar-refractivity contribution in [2.24, 2.45) is 5.92 Å². The number of aromatic hydroxyl groups is 1. The molecular formula is C17H27NO2. The highest BCUT2D eigenvalue weighted by atomic mass is 16.3. The Bertz CT molecular complexity index is 414. The van der Waals surface area contributed by atoms with Gasteiger partial charge in [0.2, 0.25) is 5.91 Å². The molecule has 0 bridgehead atoms. The minimum atomic E-state index is 0.0266. The molecule has 1 N–H and O–H groups in total. The maximum Gasteiger partial charge on any atom is 0.225 e. The number of amides is 1. The molecule has 2 atom stereocenters. The summed E-state index contributed by atoms with van der Waals surface area (Å²) >= 11 is 0. The van der Waals surface area contributed by atoms with E-state index in [-0.39, 0.29) is 23.6 Å². The van der Waals surface area contributed by atoms with Gasteiger partial charge in [-0.1, -0.05) is 38.8 Å². The van der Waals surface area contributed by atoms with E-state index < -0.39 is 0 Å². The number of carbonyl (C=O) groups excluding carboxylic acids is 1. The predicted octanol–water partition coefficient (Wildman–Crippen LogP) is 4.13. The molecule has 0 aromatic heterocycles. The molecule has 3 nitrogen and oxygen atoms in total. The van der Waals surface area contributed by atoms with Crippen molar-refractivity contribution < 1.29 is 9.90 Å². The van der Waals surface area contributed by atoms with Gasteiger partial charge in [-0.15, -0.1) is 0 Å². The number of unbranched alkanes of at least 4 members (excludes halogenated alkanes) is 1. The smallest absolute Gasteiger partial charge is 0.225 e. The lowest BCUT2D eigenvalue weighted by Gasteiger charge is -2.29. The van der Waals surface area contributed by atoms with Gasteiger partial charge in [0.15, 0.2) is 0 Å². The number of rotatable bonds is 7. The van der Waals surface area contributed by atoms with Crippen molar-refractivity contribution >= 4 is 5.91 Å². The SMILES string of the molecule is CCCCC(CC)C(=O)N(C)C(C)c1ccc(O)cc1. The van der Waals surface area contributed by atoms with Crippen molar-refractivity contribution in [3.8, 4) is 5.75 Å². The topological polar surface area (TPSA) is 40.5 Å². The van der Waals surface area contributed by atoms with Crippen molar-refractivity contribution in [3.63, 3.8) is 0 Å². The van der Waals surface area contributed by atoms with E-state index in [2.05, 4.69) is 13.8 Å². The third kappa shape index (κ3) is 4.26. The Morgan fingerprint density at radius 3 is 2.35 bits per heavy atom. The number of hydrogen-bond acceptors (Lipinski definition) is 2. The van der Waals surface area contributed by atoms with E-state index in [0.717, 1.165) is 31.2 Å². The molecule has 0 aliphatic rings. The van der Waals surface area contributed by atoms with E-state index in [4.69, 9.17) is 0 Å². The molecule has 20 heavy (non-hydrogen) atoms. The van der Waals surface area contributed by atoms with Gasteiger partial charge in [-0.25, -0.2) is 0 Å². The standard InChI is InChI=1S/C17H27NO2/c1-5-7-8-14(6-2)17(20)18(4)13(3)15-9-11-16(19)12-10-15/h9-14,19H,5-8H2,1-4H3. The fraction of sp³-hybridized carbons (Fsp3) is 0.588. The monoisotopic (exact) mass is 277 g/mol. The Morgan fingerprint density at radius 1 is 1.25 bits per heavy atom. The number of hydrogen-bond donors (Lipinski definition) is 1. The van der Waals surface area contributed by atoms with Crippen molar-refractivity contribution in [2.45, 2.75) is 52.5 Å². The molecule has 0 saturated carbocycles. The van der Waals surface area contributed by atoms with E-state index in [0.29, 0.717) is 0 Å². The molecule has 1 aromatic rings. The largest absolute Gasteiger partial charge is 0.508 e. The first kappa shape index (κ1) is 16.5. The van der Waals surface area contributed by atoms with Crippen LogP contribution in [0.3, 0.4) is 0 Å². The van der Waals surface area contributed by atoms with Crippen LogP contribution in [0.5, 0.6) is 5.75 Å². The Kier molecular flexibility index (Phi) is 6.56. The zero-order valence-electron chi connectivity index (χ0n) is 13.1. The average molecular weight is 277 g/mol. The number of phenols is 1. The summed E-state index contributed by atoms with van der Waals surface area (Å²) in [5.41, 5.74) is 1.05. The Hall–Kier alpha value is -1.51. The van der Waals surface area contributed by atoms with E-state index >= 15 is 0 Å². The maximum atomic E-state index is 12.5. The summed E-state index contributed by atoms with van der Waals surface area (Å²) in [7, 11) is 1.87. The van der Waals surface area contributed by atoms with Gasteiger partial charge in [-0.05, 0) is 37.5 Å². The number of phenolic OH excluding ortho intramolecular Hbond substituents is 1. The lowest BCUT2D eigenvalue weighted by molar-refractivity contribution is -0.136. The first-order chi connectivity index (χ1) is 9.51. The lowest BCUT2D eigenvalue weighted by atomic mass is 9.96. The van der Waals surface area contributed by atoms with Crippen molar-refractivity contribution in [1.82, 2.24) is 4.90 Å². The fourth-order valence-corrected chi connectivity index (χ4v) is 2.41. The van der Waals surface area contributed by atoms with Crippen molar-refractivity contribution in [1.29, 1.82) is 0 Å². The van der Waals surface area contributed by atoms with Gasteiger partial charge in [0, 0.05) is 13.0 Å². The molecule has 0 saturated heterocycles. The number of carbonyl (C=O) groups is 1. The van der Waals surface area contributed by atoms with Gasteiger partial charge in [0.05, 0.1) is 6.04 Å². The predicted molar refractivity (Wildman–Crippen MR) is 82.6 cm³/mol. The Labute approximate surface area is 122 Å². The molecule has 3 heteroatoms. The average Bonchev–Trinajstić information content (AvgIpc) is 2.47. The molecule has 0 aliphatic carbocycles. The van der Waals surface area contributed by atoms with Crippen molar-refractivity contribution in [2.75, 3.05) is 7.05 Å². The van der Waals surface area contributed by atoms with Crippen LogP contribution in [0, 0.1) is 5.92 Å². The summed E-state index contributed by atoms with van der Waals surface area (Å²) in [4.78, 5) is 14.4. The second-order valence-electron chi connectivity index (χ2n) is 5.46. The quantitative estimate of drug-likeness (QED) is 0.814. The first-order valence-corrected chi connectivity index (χ1v) is 7.56. The minimum absolute atomic E-state index is 0.0266. The lowest BCUT2D eigenvalue weighted by Crippen LogP contribution is -2.34. The van der Waals surface area contributed by atoms with Gasteiger partial charge in [0.1, 0.15) is 5.75 Å². The first-order valence-electron chi connectivity index (χ1n) is 7.56. The van der Waals surface area contributed by atoms with Gasteiger partial charge in [0.25, 0.3) is 0 Å². The van der Waals surface area contributed by atoms with Gasteiger partial charge in [-0.2, -0.15) is 0 Å². The molecule has 2 unspecified atom stereocenters. The summed E-state index contributed by atoms with van der Waals surface area (Å²) in [6.45, 7) is 6.26. The summed E-state index contributed by atoms with van der Waals surface area (Å²) < 4.78 is 0. The minimum Gasteiger partial charge on any atom is -0.508 e. The second-order valence-corrected chi connectivity index (χ2v) is 5.46. The molecule has 0 fully saturated rings. The van der Waals surface area contributed by atoms with Gasteiger partial charge < -0.3 is 10.0 Å². The van der Waals surface area contributed by atoms with Crippen LogP contribution in [-0.2, 0) is 4.79 Å². The van der Waals surface area contributed by atoms with Crippen LogP contribution in [0.1, 0.15) is 58.1 Å². The van der Waals surface area contributed by atoms with Crippen LogP contribution >= 0.6 is 0 Å². The summed E-state index contributed by atoms with van der Waals surface area (Å²) in [5, 5.41) is 9.33. The van der Waals surface area contributed by atoms with Crippen LogP contribution in [0.15, 0.2) is 24.3 Å². The van der Waals surface area contributed by atoms with Gasteiger partial charge >= 0.3 is 0 Å². The number of benzene rings is 1. The third-order valence-electron chi connectivity index (χ3n) is 4.05. The molecule has 0 heterocycles. The van der Waals surface area contributed by atoms with Crippen LogP contribution in [0.4, 0.5) is 0 Å². The summed E-state index contributed by atoms with van der Waals surface area (Å²) in [5.74, 6) is 0.602.